The Kier molecular flexibility index (Phi) is 1.51. The summed E-state index contributed by atoms with van der Waals surface area (Å²) in [7, 11) is 0. The van der Waals surface area contributed by atoms with Gasteiger partial charge in [0.2, 0.25) is 0 Å². The Balaban J connectivity index is 2.01. The molecule has 2 atom stereocenters. The number of hydrogen-bond donors (Lipinski definition) is 0. The van der Waals surface area contributed by atoms with Crippen molar-refractivity contribution in [2.75, 3.05) is 0 Å². The number of fused-ring (bicyclic) bond motifs is 1. The molecular formula is C13H16O. The minimum atomic E-state index is 0.175. The molecule has 1 aromatic carbocycles. The van der Waals surface area contributed by atoms with Crippen LogP contribution in [-0.4, -0.2) is 5.60 Å². The highest BCUT2D eigenvalue weighted by Crippen LogP contribution is 2.50. The van der Waals surface area contributed by atoms with E-state index in [1.54, 1.807) is 0 Å². The lowest BCUT2D eigenvalue weighted by Gasteiger charge is -2.44. The second-order valence-electron chi connectivity index (χ2n) is 4.83. The summed E-state index contributed by atoms with van der Waals surface area (Å²) in [6.45, 7) is 4.50. The fourth-order valence-corrected chi connectivity index (χ4v) is 2.72. The van der Waals surface area contributed by atoms with E-state index in [0.29, 0.717) is 0 Å². The second kappa shape index (κ2) is 2.53. The van der Waals surface area contributed by atoms with Crippen LogP contribution in [-0.2, 0) is 6.42 Å². The molecule has 3 rings (SSSR count). The quantitative estimate of drug-likeness (QED) is 0.608. The minimum absolute atomic E-state index is 0.175. The highest BCUT2D eigenvalue weighted by Gasteiger charge is 2.50. The summed E-state index contributed by atoms with van der Waals surface area (Å²) in [5.74, 6) is 1.87. The lowest BCUT2D eigenvalue weighted by Crippen LogP contribution is -2.49. The molecule has 1 saturated carbocycles. The predicted octanol–water partition coefficient (Wildman–Crippen LogP) is 3.10. The Morgan fingerprint density at radius 1 is 1.43 bits per heavy atom. The molecule has 2 unspecified atom stereocenters. The Morgan fingerprint density at radius 3 is 2.86 bits per heavy atom. The van der Waals surface area contributed by atoms with Gasteiger partial charge in [-0.1, -0.05) is 19.1 Å². The molecule has 0 amide bonds. The van der Waals surface area contributed by atoms with E-state index in [9.17, 15) is 0 Å². The molecule has 1 heteroatoms. The largest absolute Gasteiger partial charge is 0.486 e. The van der Waals surface area contributed by atoms with Crippen LogP contribution in [0.1, 0.15) is 30.9 Å². The van der Waals surface area contributed by atoms with Crippen molar-refractivity contribution in [2.45, 2.75) is 38.7 Å². The van der Waals surface area contributed by atoms with Gasteiger partial charge in [-0.15, -0.1) is 0 Å². The molecule has 2 aliphatic rings. The average Bonchev–Trinajstić information content (AvgIpc) is 2.59. The molecule has 0 aromatic heterocycles. The van der Waals surface area contributed by atoms with Crippen LogP contribution in [0, 0.1) is 12.8 Å². The van der Waals surface area contributed by atoms with Gasteiger partial charge in [0.05, 0.1) is 0 Å². The van der Waals surface area contributed by atoms with Gasteiger partial charge in [-0.2, -0.15) is 0 Å². The first-order chi connectivity index (χ1) is 6.71. The molecule has 1 aliphatic carbocycles. The topological polar surface area (TPSA) is 9.23 Å². The fourth-order valence-electron chi connectivity index (χ4n) is 2.72. The predicted molar refractivity (Wildman–Crippen MR) is 56.6 cm³/mol. The molecule has 1 aliphatic heterocycles. The molecule has 0 bridgehead atoms. The summed E-state index contributed by atoms with van der Waals surface area (Å²) in [4.78, 5) is 0. The van der Waals surface area contributed by atoms with Gasteiger partial charge in [-0.25, -0.2) is 0 Å². The van der Waals surface area contributed by atoms with Crippen molar-refractivity contribution in [3.8, 4) is 5.75 Å². The maximum Gasteiger partial charge on any atom is 0.123 e. The molecule has 1 aromatic rings. The number of hydrogen-bond acceptors (Lipinski definition) is 1. The van der Waals surface area contributed by atoms with Crippen LogP contribution in [0.25, 0.3) is 0 Å². The van der Waals surface area contributed by atoms with E-state index in [1.165, 1.54) is 24.0 Å². The van der Waals surface area contributed by atoms with Crippen LogP contribution < -0.4 is 4.74 Å². The smallest absolute Gasteiger partial charge is 0.123 e. The van der Waals surface area contributed by atoms with Crippen LogP contribution in [0.4, 0.5) is 0 Å². The number of benzene rings is 1. The lowest BCUT2D eigenvalue weighted by atomic mass is 9.68. The SMILES string of the molecule is Cc1cccc2c1CC1(CCC1C)O2. The van der Waals surface area contributed by atoms with Gasteiger partial charge in [0, 0.05) is 12.0 Å². The van der Waals surface area contributed by atoms with Crippen LogP contribution >= 0.6 is 0 Å². The Morgan fingerprint density at radius 2 is 2.29 bits per heavy atom. The first-order valence-corrected chi connectivity index (χ1v) is 5.49. The summed E-state index contributed by atoms with van der Waals surface area (Å²) in [6, 6.07) is 6.39. The van der Waals surface area contributed by atoms with Crippen LogP contribution in [0.2, 0.25) is 0 Å². The van der Waals surface area contributed by atoms with Crippen molar-refractivity contribution in [1.82, 2.24) is 0 Å². The molecular weight excluding hydrogens is 172 g/mol. The van der Waals surface area contributed by atoms with E-state index >= 15 is 0 Å². The Bertz CT molecular complexity index is 383. The summed E-state index contributed by atoms with van der Waals surface area (Å²) >= 11 is 0. The van der Waals surface area contributed by atoms with E-state index in [1.807, 2.05) is 0 Å². The zero-order chi connectivity index (χ0) is 9.76. The van der Waals surface area contributed by atoms with Gasteiger partial charge in [0.25, 0.3) is 0 Å². The fraction of sp³-hybridized carbons (Fsp3) is 0.538. The zero-order valence-electron chi connectivity index (χ0n) is 8.84. The highest BCUT2D eigenvalue weighted by atomic mass is 16.5. The van der Waals surface area contributed by atoms with E-state index in [0.717, 1.165) is 18.1 Å². The van der Waals surface area contributed by atoms with Crippen molar-refractivity contribution < 1.29 is 4.74 Å². The molecule has 74 valence electrons. The van der Waals surface area contributed by atoms with E-state index < -0.39 is 0 Å². The van der Waals surface area contributed by atoms with Crippen molar-refractivity contribution >= 4 is 0 Å². The van der Waals surface area contributed by atoms with Crippen molar-refractivity contribution in [2.24, 2.45) is 5.92 Å². The van der Waals surface area contributed by atoms with Crippen molar-refractivity contribution in [3.05, 3.63) is 29.3 Å². The maximum atomic E-state index is 6.12. The first-order valence-electron chi connectivity index (χ1n) is 5.49. The molecule has 1 nitrogen and oxygen atoms in total. The monoisotopic (exact) mass is 188 g/mol. The minimum Gasteiger partial charge on any atom is -0.486 e. The molecule has 0 radical (unpaired) electrons. The molecule has 1 spiro atoms. The summed E-state index contributed by atoms with van der Waals surface area (Å²) < 4.78 is 6.12. The van der Waals surface area contributed by atoms with Gasteiger partial charge >= 0.3 is 0 Å². The maximum absolute atomic E-state index is 6.12. The first kappa shape index (κ1) is 8.34. The third kappa shape index (κ3) is 0.902. The van der Waals surface area contributed by atoms with E-state index in [4.69, 9.17) is 4.74 Å². The standard InChI is InChI=1S/C13H16O/c1-9-4-3-5-12-11(9)8-13(14-12)7-6-10(13)2/h3-5,10H,6-8H2,1-2H3. The third-order valence-electron chi connectivity index (χ3n) is 4.06. The molecule has 0 saturated heterocycles. The molecule has 14 heavy (non-hydrogen) atoms. The second-order valence-corrected chi connectivity index (χ2v) is 4.83. The van der Waals surface area contributed by atoms with Gasteiger partial charge in [-0.05, 0) is 37.3 Å². The van der Waals surface area contributed by atoms with Crippen molar-refractivity contribution in [1.29, 1.82) is 0 Å². The Hall–Kier alpha value is -0.980. The average molecular weight is 188 g/mol. The van der Waals surface area contributed by atoms with Crippen LogP contribution in [0.3, 0.4) is 0 Å². The zero-order valence-corrected chi connectivity index (χ0v) is 8.84. The summed E-state index contributed by atoms with van der Waals surface area (Å²) in [6.07, 6.45) is 3.70. The molecule has 0 N–H and O–H groups in total. The van der Waals surface area contributed by atoms with Crippen LogP contribution in [0.15, 0.2) is 18.2 Å². The van der Waals surface area contributed by atoms with Gasteiger partial charge in [-0.3, -0.25) is 0 Å². The number of ether oxygens (including phenoxy) is 1. The highest BCUT2D eigenvalue weighted by molar-refractivity contribution is 5.45. The Labute approximate surface area is 85.1 Å². The summed E-state index contributed by atoms with van der Waals surface area (Å²) in [5.41, 5.74) is 3.01. The normalized spacial score (nSPS) is 33.7. The van der Waals surface area contributed by atoms with E-state index in [-0.39, 0.29) is 5.60 Å². The van der Waals surface area contributed by atoms with Crippen molar-refractivity contribution in [3.63, 3.8) is 0 Å². The third-order valence-corrected chi connectivity index (χ3v) is 4.06. The van der Waals surface area contributed by atoms with Crippen LogP contribution in [0.5, 0.6) is 5.75 Å². The number of rotatable bonds is 0. The summed E-state index contributed by atoms with van der Waals surface area (Å²) in [5, 5.41) is 0. The van der Waals surface area contributed by atoms with Gasteiger partial charge in [0.1, 0.15) is 11.4 Å². The number of aryl methyl sites for hydroxylation is 1. The van der Waals surface area contributed by atoms with Gasteiger partial charge < -0.3 is 4.74 Å². The molecule has 1 fully saturated rings. The van der Waals surface area contributed by atoms with Gasteiger partial charge in [0.15, 0.2) is 0 Å². The van der Waals surface area contributed by atoms with E-state index in [2.05, 4.69) is 32.0 Å². The molecule has 1 heterocycles. The lowest BCUT2D eigenvalue weighted by molar-refractivity contribution is -0.0437.